The van der Waals surface area contributed by atoms with Crippen LogP contribution in [0, 0.1) is 20.8 Å². The van der Waals surface area contributed by atoms with Crippen LogP contribution in [0.3, 0.4) is 0 Å². The lowest BCUT2D eigenvalue weighted by atomic mass is 10.0. The van der Waals surface area contributed by atoms with Gasteiger partial charge in [0.2, 0.25) is 0 Å². The van der Waals surface area contributed by atoms with Crippen molar-refractivity contribution >= 4 is 43.5 Å². The number of benzene rings is 1. The standard InChI is InChI=1S/C14H13Br2ClO/c1-7-4-13(16)11(6-12(7)15)14(17)10-5-8(2)18-9(10)3/h4-6,14H,1-3H3. The van der Waals surface area contributed by atoms with Crippen LogP contribution in [0.2, 0.25) is 0 Å². The van der Waals surface area contributed by atoms with Gasteiger partial charge in [0.05, 0.1) is 5.38 Å². The minimum Gasteiger partial charge on any atom is -0.466 e. The van der Waals surface area contributed by atoms with Crippen LogP contribution in [-0.4, -0.2) is 0 Å². The summed E-state index contributed by atoms with van der Waals surface area (Å²) in [5, 5.41) is -0.214. The van der Waals surface area contributed by atoms with Gasteiger partial charge in [-0.2, -0.15) is 0 Å². The zero-order chi connectivity index (χ0) is 13.4. The summed E-state index contributed by atoms with van der Waals surface area (Å²) in [4.78, 5) is 0. The van der Waals surface area contributed by atoms with E-state index in [9.17, 15) is 0 Å². The number of furan rings is 1. The summed E-state index contributed by atoms with van der Waals surface area (Å²) in [7, 11) is 0. The zero-order valence-electron chi connectivity index (χ0n) is 10.4. The quantitative estimate of drug-likeness (QED) is 0.566. The summed E-state index contributed by atoms with van der Waals surface area (Å²) in [5.74, 6) is 1.76. The van der Waals surface area contributed by atoms with Crippen molar-refractivity contribution in [3.63, 3.8) is 0 Å². The Morgan fingerprint density at radius 2 is 1.67 bits per heavy atom. The Hall–Kier alpha value is -0.250. The van der Waals surface area contributed by atoms with Crippen molar-refractivity contribution in [2.24, 2.45) is 0 Å². The molecule has 0 saturated heterocycles. The maximum atomic E-state index is 6.57. The molecule has 0 bridgehead atoms. The molecule has 2 aromatic rings. The first kappa shape index (κ1) is 14.2. The van der Waals surface area contributed by atoms with Crippen LogP contribution in [0.5, 0.6) is 0 Å². The fourth-order valence-electron chi connectivity index (χ4n) is 1.93. The number of hydrogen-bond donors (Lipinski definition) is 0. The van der Waals surface area contributed by atoms with Crippen molar-refractivity contribution in [3.8, 4) is 0 Å². The summed E-state index contributed by atoms with van der Waals surface area (Å²) in [6.45, 7) is 5.92. The molecule has 0 amide bonds. The summed E-state index contributed by atoms with van der Waals surface area (Å²) >= 11 is 13.7. The number of alkyl halides is 1. The van der Waals surface area contributed by atoms with Gasteiger partial charge in [-0.3, -0.25) is 0 Å². The monoisotopic (exact) mass is 390 g/mol. The molecule has 0 aliphatic rings. The molecule has 0 aliphatic heterocycles. The Morgan fingerprint density at radius 1 is 1.00 bits per heavy atom. The number of rotatable bonds is 2. The lowest BCUT2D eigenvalue weighted by molar-refractivity contribution is 0.501. The van der Waals surface area contributed by atoms with Gasteiger partial charge in [-0.15, -0.1) is 11.6 Å². The Balaban J connectivity index is 2.49. The van der Waals surface area contributed by atoms with E-state index in [0.717, 1.165) is 31.6 Å². The first-order valence-electron chi connectivity index (χ1n) is 5.56. The molecule has 1 unspecified atom stereocenters. The van der Waals surface area contributed by atoms with Crippen molar-refractivity contribution in [3.05, 3.63) is 55.4 Å². The third-order valence-corrected chi connectivity index (χ3v) is 4.91. The molecule has 1 nitrogen and oxygen atoms in total. The normalized spacial score (nSPS) is 12.8. The molecule has 4 heteroatoms. The highest BCUT2D eigenvalue weighted by molar-refractivity contribution is 9.11. The van der Waals surface area contributed by atoms with E-state index in [2.05, 4.69) is 50.9 Å². The lowest BCUT2D eigenvalue weighted by Crippen LogP contribution is -1.96. The number of hydrogen-bond acceptors (Lipinski definition) is 1. The minimum absolute atomic E-state index is 0.214. The summed E-state index contributed by atoms with van der Waals surface area (Å²) < 4.78 is 7.61. The Bertz CT molecular complexity index is 590. The average Bonchev–Trinajstić information content (AvgIpc) is 2.62. The predicted octanol–water partition coefficient (Wildman–Crippen LogP) is 6.06. The largest absolute Gasteiger partial charge is 0.466 e. The molecular formula is C14H13Br2ClO. The Morgan fingerprint density at radius 3 is 2.22 bits per heavy atom. The molecule has 0 fully saturated rings. The molecule has 1 aromatic carbocycles. The van der Waals surface area contributed by atoms with Gasteiger partial charge in [-0.25, -0.2) is 0 Å². The number of aryl methyl sites for hydroxylation is 3. The van der Waals surface area contributed by atoms with Crippen LogP contribution < -0.4 is 0 Å². The molecule has 1 aromatic heterocycles. The molecular weight excluding hydrogens is 379 g/mol. The predicted molar refractivity (Wildman–Crippen MR) is 82.5 cm³/mol. The van der Waals surface area contributed by atoms with Crippen molar-refractivity contribution < 1.29 is 4.42 Å². The Kier molecular flexibility index (Phi) is 4.25. The lowest BCUT2D eigenvalue weighted by Gasteiger charge is -2.13. The molecule has 0 aliphatic carbocycles. The van der Waals surface area contributed by atoms with Gasteiger partial charge in [-0.05, 0) is 50.1 Å². The van der Waals surface area contributed by atoms with Gasteiger partial charge < -0.3 is 4.42 Å². The fourth-order valence-corrected chi connectivity index (χ4v) is 3.50. The first-order valence-corrected chi connectivity index (χ1v) is 7.59. The van der Waals surface area contributed by atoms with E-state index in [1.54, 1.807) is 0 Å². The minimum atomic E-state index is -0.214. The van der Waals surface area contributed by atoms with Crippen LogP contribution in [-0.2, 0) is 0 Å². The van der Waals surface area contributed by atoms with E-state index < -0.39 is 0 Å². The second-order valence-corrected chi connectivity index (χ2v) is 6.50. The van der Waals surface area contributed by atoms with Crippen LogP contribution >= 0.6 is 43.5 Å². The molecule has 0 spiro atoms. The highest BCUT2D eigenvalue weighted by Gasteiger charge is 2.19. The van der Waals surface area contributed by atoms with Gasteiger partial charge >= 0.3 is 0 Å². The first-order chi connectivity index (χ1) is 8.40. The fraction of sp³-hybridized carbons (Fsp3) is 0.286. The molecule has 0 radical (unpaired) electrons. The second kappa shape index (κ2) is 5.40. The van der Waals surface area contributed by atoms with Crippen LogP contribution in [0.1, 0.15) is 33.6 Å². The third-order valence-electron chi connectivity index (χ3n) is 2.90. The summed E-state index contributed by atoms with van der Waals surface area (Å²) in [6.07, 6.45) is 0. The second-order valence-electron chi connectivity index (χ2n) is 4.35. The van der Waals surface area contributed by atoms with Gasteiger partial charge in [0.15, 0.2) is 0 Å². The molecule has 2 rings (SSSR count). The van der Waals surface area contributed by atoms with Crippen LogP contribution in [0.25, 0.3) is 0 Å². The van der Waals surface area contributed by atoms with E-state index in [0.29, 0.717) is 0 Å². The molecule has 0 N–H and O–H groups in total. The van der Waals surface area contributed by atoms with Gasteiger partial charge in [0.1, 0.15) is 11.5 Å². The SMILES string of the molecule is Cc1cc(C(Cl)c2cc(Br)c(C)cc2Br)c(C)o1. The molecule has 18 heavy (non-hydrogen) atoms. The highest BCUT2D eigenvalue weighted by Crippen LogP contribution is 2.38. The van der Waals surface area contributed by atoms with Crippen molar-refractivity contribution in [1.82, 2.24) is 0 Å². The van der Waals surface area contributed by atoms with E-state index >= 15 is 0 Å². The summed E-state index contributed by atoms with van der Waals surface area (Å²) in [6, 6.07) is 6.11. The van der Waals surface area contributed by atoms with Crippen molar-refractivity contribution in [1.29, 1.82) is 0 Å². The summed E-state index contributed by atoms with van der Waals surface area (Å²) in [5.41, 5.74) is 3.23. The topological polar surface area (TPSA) is 13.1 Å². The van der Waals surface area contributed by atoms with E-state index in [4.69, 9.17) is 16.0 Å². The van der Waals surface area contributed by atoms with E-state index in [1.807, 2.05) is 19.9 Å². The maximum Gasteiger partial charge on any atom is 0.106 e. The van der Waals surface area contributed by atoms with Crippen molar-refractivity contribution in [2.45, 2.75) is 26.1 Å². The van der Waals surface area contributed by atoms with Gasteiger partial charge in [0, 0.05) is 14.5 Å². The highest BCUT2D eigenvalue weighted by atomic mass is 79.9. The molecule has 1 atom stereocenters. The number of halogens is 3. The van der Waals surface area contributed by atoms with E-state index in [-0.39, 0.29) is 5.38 Å². The molecule has 0 saturated carbocycles. The van der Waals surface area contributed by atoms with Gasteiger partial charge in [-0.1, -0.05) is 31.9 Å². The average molecular weight is 393 g/mol. The Labute approximate surface area is 129 Å². The smallest absolute Gasteiger partial charge is 0.106 e. The molecule has 96 valence electrons. The van der Waals surface area contributed by atoms with Crippen LogP contribution in [0.15, 0.2) is 31.6 Å². The zero-order valence-corrected chi connectivity index (χ0v) is 14.3. The van der Waals surface area contributed by atoms with Gasteiger partial charge in [0.25, 0.3) is 0 Å². The maximum absolute atomic E-state index is 6.57. The third kappa shape index (κ3) is 2.68. The van der Waals surface area contributed by atoms with E-state index in [1.165, 1.54) is 5.56 Å². The molecule has 1 heterocycles. The van der Waals surface area contributed by atoms with Crippen LogP contribution in [0.4, 0.5) is 0 Å². The van der Waals surface area contributed by atoms with Crippen molar-refractivity contribution in [2.75, 3.05) is 0 Å².